The molecule has 2 rings (SSSR count). The third-order valence-electron chi connectivity index (χ3n) is 3.99. The Kier molecular flexibility index (Phi) is 6.44. The predicted molar refractivity (Wildman–Crippen MR) is 93.9 cm³/mol. The molecule has 0 saturated carbocycles. The largest absolute Gasteiger partial charge is 0.497 e. The van der Waals surface area contributed by atoms with Crippen LogP contribution in [-0.2, 0) is 14.8 Å². The molecule has 1 saturated heterocycles. The number of carbonyl (C=O) groups is 1. The van der Waals surface area contributed by atoms with Gasteiger partial charge < -0.3 is 14.5 Å². The van der Waals surface area contributed by atoms with Gasteiger partial charge in [0.25, 0.3) is 0 Å². The van der Waals surface area contributed by atoms with Crippen molar-refractivity contribution in [1.82, 2.24) is 9.62 Å². The molecule has 1 aromatic rings. The summed E-state index contributed by atoms with van der Waals surface area (Å²) in [6.07, 6.45) is 0.532. The summed E-state index contributed by atoms with van der Waals surface area (Å²) >= 11 is 0. The first kappa shape index (κ1) is 18.5. The summed E-state index contributed by atoms with van der Waals surface area (Å²) in [6.45, 7) is 4.24. The molecular weight excluding hydrogens is 330 g/mol. The van der Waals surface area contributed by atoms with Gasteiger partial charge in [0.2, 0.25) is 15.9 Å². The zero-order chi connectivity index (χ0) is 17.6. The van der Waals surface area contributed by atoms with Crippen molar-refractivity contribution in [3.8, 4) is 5.75 Å². The number of carbonyl (C=O) groups excluding carboxylic acids is 1. The first-order valence-corrected chi connectivity index (χ1v) is 9.74. The van der Waals surface area contributed by atoms with E-state index in [0.717, 1.165) is 24.5 Å². The van der Waals surface area contributed by atoms with Crippen molar-refractivity contribution < 1.29 is 17.9 Å². The number of nitrogens with one attached hydrogen (secondary N) is 1. The van der Waals surface area contributed by atoms with Crippen molar-refractivity contribution in [1.29, 1.82) is 0 Å². The van der Waals surface area contributed by atoms with Gasteiger partial charge in [0, 0.05) is 31.9 Å². The smallest absolute Gasteiger partial charge is 0.237 e. The second-order valence-electron chi connectivity index (χ2n) is 5.71. The highest BCUT2D eigenvalue weighted by Crippen LogP contribution is 2.20. The molecule has 1 aliphatic heterocycles. The van der Waals surface area contributed by atoms with Crippen LogP contribution in [0.25, 0.3) is 0 Å². The van der Waals surface area contributed by atoms with Gasteiger partial charge in [-0.1, -0.05) is 6.92 Å². The van der Waals surface area contributed by atoms with Crippen molar-refractivity contribution in [2.24, 2.45) is 0 Å². The van der Waals surface area contributed by atoms with Crippen molar-refractivity contribution in [3.05, 3.63) is 24.3 Å². The molecule has 8 heteroatoms. The monoisotopic (exact) mass is 355 g/mol. The minimum absolute atomic E-state index is 0.0472. The summed E-state index contributed by atoms with van der Waals surface area (Å²) in [6, 6.07) is 7.81. The number of piperazine rings is 1. The van der Waals surface area contributed by atoms with Crippen LogP contribution in [0.2, 0.25) is 0 Å². The first-order chi connectivity index (χ1) is 11.4. The lowest BCUT2D eigenvalue weighted by atomic mass is 10.2. The van der Waals surface area contributed by atoms with Crippen LogP contribution in [0.15, 0.2) is 24.3 Å². The zero-order valence-electron chi connectivity index (χ0n) is 14.2. The van der Waals surface area contributed by atoms with Crippen molar-refractivity contribution in [2.75, 3.05) is 50.5 Å². The van der Waals surface area contributed by atoms with Crippen LogP contribution in [0, 0.1) is 0 Å². The number of methoxy groups -OCH3 is 1. The predicted octanol–water partition coefficient (Wildman–Crippen LogP) is 0.673. The molecule has 7 nitrogen and oxygen atoms in total. The number of sulfonamides is 1. The summed E-state index contributed by atoms with van der Waals surface area (Å²) < 4.78 is 30.7. The highest BCUT2D eigenvalue weighted by atomic mass is 32.2. The van der Waals surface area contributed by atoms with Gasteiger partial charge in [-0.05, 0) is 30.7 Å². The van der Waals surface area contributed by atoms with Gasteiger partial charge in [-0.15, -0.1) is 0 Å². The SMILES string of the molecule is CCCS(=O)(=O)NCC(=O)N1CCN(c2ccc(OC)cc2)CC1. The number of hydrogen-bond donors (Lipinski definition) is 1. The van der Waals surface area contributed by atoms with E-state index < -0.39 is 10.0 Å². The zero-order valence-corrected chi connectivity index (χ0v) is 15.0. The number of amides is 1. The van der Waals surface area contributed by atoms with Crippen LogP contribution in [0.5, 0.6) is 5.75 Å². The lowest BCUT2D eigenvalue weighted by Gasteiger charge is -2.36. The van der Waals surface area contributed by atoms with Gasteiger partial charge in [0.05, 0.1) is 19.4 Å². The number of ether oxygens (including phenoxy) is 1. The average molecular weight is 355 g/mol. The minimum atomic E-state index is -3.35. The van der Waals surface area contributed by atoms with E-state index in [9.17, 15) is 13.2 Å². The Hall–Kier alpha value is -1.80. The minimum Gasteiger partial charge on any atom is -0.497 e. The fraction of sp³-hybridized carbons (Fsp3) is 0.562. The van der Waals surface area contributed by atoms with E-state index in [-0.39, 0.29) is 18.2 Å². The maximum Gasteiger partial charge on any atom is 0.237 e. The van der Waals surface area contributed by atoms with Crippen molar-refractivity contribution >= 4 is 21.6 Å². The van der Waals surface area contributed by atoms with E-state index >= 15 is 0 Å². The van der Waals surface area contributed by atoms with Gasteiger partial charge in [0.15, 0.2) is 0 Å². The number of benzene rings is 1. The molecule has 0 aliphatic carbocycles. The standard InChI is InChI=1S/C16H25N3O4S/c1-3-12-24(21,22)17-13-16(20)19-10-8-18(9-11-19)14-4-6-15(23-2)7-5-14/h4-7,17H,3,8-13H2,1-2H3. The van der Waals surface area contributed by atoms with Gasteiger partial charge in [-0.2, -0.15) is 0 Å². The molecule has 134 valence electrons. The Balaban J connectivity index is 1.82. The Labute approximate surface area is 143 Å². The van der Waals surface area contributed by atoms with Crippen molar-refractivity contribution in [3.63, 3.8) is 0 Å². The Morgan fingerprint density at radius 3 is 2.33 bits per heavy atom. The summed E-state index contributed by atoms with van der Waals surface area (Å²) in [7, 11) is -1.71. The molecule has 1 fully saturated rings. The van der Waals surface area contributed by atoms with Gasteiger partial charge in [-0.25, -0.2) is 13.1 Å². The maximum absolute atomic E-state index is 12.1. The normalized spacial score (nSPS) is 15.4. The first-order valence-electron chi connectivity index (χ1n) is 8.09. The van der Waals surface area contributed by atoms with Crippen molar-refractivity contribution in [2.45, 2.75) is 13.3 Å². The summed E-state index contributed by atoms with van der Waals surface area (Å²) in [5.74, 6) is 0.682. The van der Waals surface area contributed by atoms with E-state index in [2.05, 4.69) is 9.62 Å². The molecule has 1 aliphatic rings. The van der Waals surface area contributed by atoms with Crippen LogP contribution < -0.4 is 14.4 Å². The summed E-state index contributed by atoms with van der Waals surface area (Å²) in [4.78, 5) is 16.0. The van der Waals surface area contributed by atoms with Crippen LogP contribution in [0.3, 0.4) is 0 Å². The lowest BCUT2D eigenvalue weighted by Crippen LogP contribution is -2.51. The van der Waals surface area contributed by atoms with E-state index in [1.807, 2.05) is 24.3 Å². The molecule has 0 bridgehead atoms. The fourth-order valence-electron chi connectivity index (χ4n) is 2.63. The molecular formula is C16H25N3O4S. The molecule has 0 aromatic heterocycles. The molecule has 0 unspecified atom stereocenters. The van der Waals surface area contributed by atoms with Crippen LogP contribution >= 0.6 is 0 Å². The van der Waals surface area contributed by atoms with Crippen LogP contribution in [0.4, 0.5) is 5.69 Å². The highest BCUT2D eigenvalue weighted by molar-refractivity contribution is 7.89. The molecule has 0 atom stereocenters. The Morgan fingerprint density at radius 1 is 1.17 bits per heavy atom. The number of nitrogens with zero attached hydrogens (tertiary/aromatic N) is 2. The molecule has 1 amide bonds. The molecule has 0 radical (unpaired) electrons. The Morgan fingerprint density at radius 2 is 1.79 bits per heavy atom. The second-order valence-corrected chi connectivity index (χ2v) is 7.63. The summed E-state index contributed by atoms with van der Waals surface area (Å²) in [5.41, 5.74) is 1.09. The van der Waals surface area contributed by atoms with Gasteiger partial charge in [-0.3, -0.25) is 4.79 Å². The van der Waals surface area contributed by atoms with Gasteiger partial charge in [0.1, 0.15) is 5.75 Å². The fourth-order valence-corrected chi connectivity index (χ4v) is 3.66. The third-order valence-corrected chi connectivity index (χ3v) is 5.52. The molecule has 24 heavy (non-hydrogen) atoms. The van der Waals surface area contributed by atoms with E-state index in [1.165, 1.54) is 0 Å². The van der Waals surface area contributed by atoms with Crippen LogP contribution in [-0.4, -0.2) is 64.8 Å². The van der Waals surface area contributed by atoms with Crippen LogP contribution in [0.1, 0.15) is 13.3 Å². The second kappa shape index (κ2) is 8.34. The lowest BCUT2D eigenvalue weighted by molar-refractivity contribution is -0.130. The highest BCUT2D eigenvalue weighted by Gasteiger charge is 2.22. The molecule has 0 spiro atoms. The average Bonchev–Trinajstić information content (AvgIpc) is 2.60. The molecule has 1 N–H and O–H groups in total. The third kappa shape index (κ3) is 5.10. The quantitative estimate of drug-likeness (QED) is 0.778. The number of rotatable bonds is 7. The Bertz CT molecular complexity index is 638. The maximum atomic E-state index is 12.1. The van der Waals surface area contributed by atoms with E-state index in [4.69, 9.17) is 4.74 Å². The topological polar surface area (TPSA) is 79.0 Å². The van der Waals surface area contributed by atoms with Gasteiger partial charge >= 0.3 is 0 Å². The molecule has 1 aromatic carbocycles. The van der Waals surface area contributed by atoms with E-state index in [0.29, 0.717) is 19.5 Å². The molecule has 1 heterocycles. The van der Waals surface area contributed by atoms with E-state index in [1.54, 1.807) is 18.9 Å². The summed E-state index contributed by atoms with van der Waals surface area (Å²) in [5, 5.41) is 0. The number of hydrogen-bond acceptors (Lipinski definition) is 5. The number of anilines is 1.